The Hall–Kier alpha value is -2.76. The summed E-state index contributed by atoms with van der Waals surface area (Å²) in [4.78, 5) is 15.3. The summed E-state index contributed by atoms with van der Waals surface area (Å²) in [6.45, 7) is 11.4. The summed E-state index contributed by atoms with van der Waals surface area (Å²) in [6.07, 6.45) is 2.17. The maximum Gasteiger partial charge on any atom is 0.416 e. The Kier molecular flexibility index (Phi) is 10.5. The zero-order valence-corrected chi connectivity index (χ0v) is 23.4. The standard InChI is InChI=1S/C32H42F3NO2/c1-6-38-31(37)29(19-23(4)5)28-21-26(24-12-8-7-9-13-24)20-27(30(28)32(33,34)35)25-14-17-36(18-15-25)16-10-11-22(2)3/h7-10,12-13,16,20-23,25,29H,6,11,14-15,17-19H2,1-5H3. The minimum absolute atomic E-state index is 0.0233. The van der Waals surface area contributed by atoms with Crippen molar-refractivity contribution in [3.8, 4) is 11.1 Å². The van der Waals surface area contributed by atoms with Crippen molar-refractivity contribution in [1.82, 2.24) is 4.90 Å². The largest absolute Gasteiger partial charge is 0.466 e. The minimum atomic E-state index is -4.59. The molecule has 38 heavy (non-hydrogen) atoms. The molecular weight excluding hydrogens is 487 g/mol. The highest BCUT2D eigenvalue weighted by Crippen LogP contribution is 2.46. The number of hydrogen-bond acceptors (Lipinski definition) is 3. The zero-order valence-electron chi connectivity index (χ0n) is 23.4. The molecule has 0 aliphatic carbocycles. The van der Waals surface area contributed by atoms with Gasteiger partial charge in [0, 0.05) is 13.1 Å². The van der Waals surface area contributed by atoms with Gasteiger partial charge in [-0.25, -0.2) is 0 Å². The first-order chi connectivity index (χ1) is 18.0. The molecule has 0 radical (unpaired) electrons. The Bertz CT molecular complexity index is 1070. The molecular formula is C32H42F3NO2. The fraction of sp³-hybridized carbons (Fsp3) is 0.531. The number of rotatable bonds is 10. The molecule has 6 heteroatoms. The van der Waals surface area contributed by atoms with Crippen molar-refractivity contribution >= 4 is 5.97 Å². The summed E-state index contributed by atoms with van der Waals surface area (Å²) in [5, 5.41) is 0. The third kappa shape index (κ3) is 7.87. The van der Waals surface area contributed by atoms with Crippen molar-refractivity contribution in [2.45, 2.75) is 78.3 Å². The number of carbonyl (C=O) groups is 1. The average Bonchev–Trinajstić information content (AvgIpc) is 2.86. The molecule has 1 unspecified atom stereocenters. The van der Waals surface area contributed by atoms with Crippen molar-refractivity contribution in [2.24, 2.45) is 11.8 Å². The third-order valence-electron chi connectivity index (χ3n) is 7.14. The molecule has 0 amide bonds. The second-order valence-corrected chi connectivity index (χ2v) is 11.2. The van der Waals surface area contributed by atoms with Gasteiger partial charge in [0.25, 0.3) is 0 Å². The number of benzene rings is 2. The molecule has 1 saturated heterocycles. The highest BCUT2D eigenvalue weighted by Gasteiger charge is 2.42. The fourth-order valence-electron chi connectivity index (χ4n) is 5.32. The van der Waals surface area contributed by atoms with E-state index in [1.54, 1.807) is 19.1 Å². The van der Waals surface area contributed by atoms with E-state index in [0.29, 0.717) is 49.4 Å². The van der Waals surface area contributed by atoms with Gasteiger partial charge in [-0.1, -0.05) is 70.2 Å². The van der Waals surface area contributed by atoms with E-state index in [2.05, 4.69) is 31.0 Å². The first-order valence-electron chi connectivity index (χ1n) is 13.9. The predicted molar refractivity (Wildman–Crippen MR) is 148 cm³/mol. The van der Waals surface area contributed by atoms with E-state index in [1.165, 1.54) is 0 Å². The van der Waals surface area contributed by atoms with Crippen molar-refractivity contribution < 1.29 is 22.7 Å². The van der Waals surface area contributed by atoms with Crippen LogP contribution in [0.3, 0.4) is 0 Å². The molecule has 2 aromatic rings. The second-order valence-electron chi connectivity index (χ2n) is 11.2. The molecule has 1 fully saturated rings. The van der Waals surface area contributed by atoms with Gasteiger partial charge < -0.3 is 9.64 Å². The first-order valence-corrected chi connectivity index (χ1v) is 13.9. The maximum absolute atomic E-state index is 14.9. The van der Waals surface area contributed by atoms with Gasteiger partial charge in [-0.15, -0.1) is 0 Å². The molecule has 3 rings (SSSR count). The lowest BCUT2D eigenvalue weighted by molar-refractivity contribution is -0.146. The van der Waals surface area contributed by atoms with E-state index in [1.807, 2.05) is 44.2 Å². The van der Waals surface area contributed by atoms with Gasteiger partial charge in [0.05, 0.1) is 18.1 Å². The van der Waals surface area contributed by atoms with Crippen LogP contribution in [0.5, 0.6) is 0 Å². The summed E-state index contributed by atoms with van der Waals surface area (Å²) in [6, 6.07) is 12.7. The number of allylic oxidation sites excluding steroid dienone is 1. The Balaban J connectivity index is 2.12. The van der Waals surface area contributed by atoms with E-state index < -0.39 is 23.6 Å². The van der Waals surface area contributed by atoms with Gasteiger partial charge in [-0.2, -0.15) is 13.2 Å². The Labute approximate surface area is 226 Å². The zero-order chi connectivity index (χ0) is 27.9. The van der Waals surface area contributed by atoms with Crippen LogP contribution in [0.15, 0.2) is 54.7 Å². The number of likely N-dealkylation sites (tertiary alicyclic amines) is 1. The number of halogens is 3. The van der Waals surface area contributed by atoms with Gasteiger partial charge >= 0.3 is 12.1 Å². The van der Waals surface area contributed by atoms with Crippen LogP contribution in [0, 0.1) is 11.8 Å². The smallest absolute Gasteiger partial charge is 0.416 e. The van der Waals surface area contributed by atoms with Crippen LogP contribution in [0.2, 0.25) is 0 Å². The molecule has 0 spiro atoms. The van der Waals surface area contributed by atoms with E-state index in [0.717, 1.165) is 12.0 Å². The van der Waals surface area contributed by atoms with Crippen LogP contribution < -0.4 is 0 Å². The summed E-state index contributed by atoms with van der Waals surface area (Å²) >= 11 is 0. The molecule has 3 nitrogen and oxygen atoms in total. The third-order valence-corrected chi connectivity index (χ3v) is 7.14. The summed E-state index contributed by atoms with van der Waals surface area (Å²) in [5.41, 5.74) is 1.24. The molecule has 2 aromatic carbocycles. The van der Waals surface area contributed by atoms with Crippen LogP contribution in [0.4, 0.5) is 13.2 Å². The van der Waals surface area contributed by atoms with E-state index in [4.69, 9.17) is 4.74 Å². The highest BCUT2D eigenvalue weighted by molar-refractivity contribution is 5.80. The highest BCUT2D eigenvalue weighted by atomic mass is 19.4. The van der Waals surface area contributed by atoms with Crippen LogP contribution in [-0.4, -0.2) is 30.6 Å². The lowest BCUT2D eigenvalue weighted by atomic mass is 9.78. The summed E-state index contributed by atoms with van der Waals surface area (Å²) in [5.74, 6) is -1.22. The lowest BCUT2D eigenvalue weighted by Gasteiger charge is -2.34. The van der Waals surface area contributed by atoms with Crippen LogP contribution in [-0.2, 0) is 15.7 Å². The molecule has 208 valence electrons. The monoisotopic (exact) mass is 529 g/mol. The molecule has 1 atom stereocenters. The minimum Gasteiger partial charge on any atom is -0.466 e. The number of carbonyl (C=O) groups excluding carboxylic acids is 1. The Morgan fingerprint density at radius 3 is 2.24 bits per heavy atom. The fourth-order valence-corrected chi connectivity index (χ4v) is 5.32. The van der Waals surface area contributed by atoms with Crippen LogP contribution in [0.25, 0.3) is 11.1 Å². The predicted octanol–water partition coefficient (Wildman–Crippen LogP) is 8.80. The number of hydrogen-bond donors (Lipinski definition) is 0. The molecule has 0 N–H and O–H groups in total. The van der Waals surface area contributed by atoms with Gasteiger partial charge in [0.1, 0.15) is 0 Å². The topological polar surface area (TPSA) is 29.5 Å². The van der Waals surface area contributed by atoms with E-state index >= 15 is 0 Å². The van der Waals surface area contributed by atoms with Crippen molar-refractivity contribution in [1.29, 1.82) is 0 Å². The van der Waals surface area contributed by atoms with E-state index in [9.17, 15) is 18.0 Å². The first kappa shape index (κ1) is 29.8. The SMILES string of the molecule is CCOC(=O)C(CC(C)C)c1cc(-c2ccccc2)cc(C2CCN(C=CCC(C)C)CC2)c1C(F)(F)F. The van der Waals surface area contributed by atoms with E-state index in [-0.39, 0.29) is 24.0 Å². The Morgan fingerprint density at radius 1 is 1.03 bits per heavy atom. The Morgan fingerprint density at radius 2 is 1.68 bits per heavy atom. The summed E-state index contributed by atoms with van der Waals surface area (Å²) < 4.78 is 50.0. The molecule has 0 saturated carbocycles. The molecule has 1 heterocycles. The molecule has 0 aromatic heterocycles. The van der Waals surface area contributed by atoms with Gasteiger partial charge in [0.15, 0.2) is 0 Å². The number of esters is 1. The molecule has 0 bridgehead atoms. The summed E-state index contributed by atoms with van der Waals surface area (Å²) in [7, 11) is 0. The van der Waals surface area contributed by atoms with Gasteiger partial charge in [0.2, 0.25) is 0 Å². The number of nitrogens with zero attached hydrogens (tertiary/aromatic N) is 1. The second kappa shape index (κ2) is 13.3. The number of ether oxygens (including phenoxy) is 1. The normalized spacial score (nSPS) is 16.0. The van der Waals surface area contributed by atoms with Crippen LogP contribution >= 0.6 is 0 Å². The van der Waals surface area contributed by atoms with Gasteiger partial charge in [-0.3, -0.25) is 4.79 Å². The quantitative estimate of drug-likeness (QED) is 0.288. The lowest BCUT2D eigenvalue weighted by Crippen LogP contribution is -2.30. The number of piperidine rings is 1. The molecule has 1 aliphatic rings. The van der Waals surface area contributed by atoms with Crippen molar-refractivity contribution in [3.63, 3.8) is 0 Å². The molecule has 1 aliphatic heterocycles. The van der Waals surface area contributed by atoms with Crippen molar-refractivity contribution in [2.75, 3.05) is 19.7 Å². The van der Waals surface area contributed by atoms with Gasteiger partial charge in [-0.05, 0) is 84.9 Å². The average molecular weight is 530 g/mol. The number of alkyl halides is 3. The van der Waals surface area contributed by atoms with Crippen molar-refractivity contribution in [3.05, 3.63) is 71.4 Å². The van der Waals surface area contributed by atoms with Crippen LogP contribution in [0.1, 0.15) is 88.8 Å². The maximum atomic E-state index is 14.9.